The van der Waals surface area contributed by atoms with Gasteiger partial charge in [0.1, 0.15) is 5.82 Å². The van der Waals surface area contributed by atoms with E-state index in [4.69, 9.17) is 9.47 Å². The van der Waals surface area contributed by atoms with Gasteiger partial charge < -0.3 is 14.4 Å². The molecule has 22 heavy (non-hydrogen) atoms. The van der Waals surface area contributed by atoms with Crippen LogP contribution in [0.3, 0.4) is 0 Å². The molecule has 0 radical (unpaired) electrons. The number of ether oxygens (including phenoxy) is 2. The second kappa shape index (κ2) is 6.85. The smallest absolute Gasteiger partial charge is 0.161 e. The lowest BCUT2D eigenvalue weighted by Crippen LogP contribution is -2.38. The Morgan fingerprint density at radius 2 is 2.00 bits per heavy atom. The second-order valence-electron chi connectivity index (χ2n) is 5.51. The molecule has 2 heterocycles. The van der Waals surface area contributed by atoms with Gasteiger partial charge in [-0.1, -0.05) is 30.3 Å². The number of likely N-dealkylation sites (N-methyl/N-ethyl adjacent to an activating group) is 1. The van der Waals surface area contributed by atoms with Crippen LogP contribution in [0.5, 0.6) is 0 Å². The number of hydrogen-bond donors (Lipinski definition) is 0. The molecule has 0 N–H and O–H groups in total. The third-order valence-electron chi connectivity index (χ3n) is 3.63. The van der Waals surface area contributed by atoms with Gasteiger partial charge in [0, 0.05) is 30.9 Å². The topological polar surface area (TPSA) is 47.5 Å². The number of anilines is 1. The van der Waals surface area contributed by atoms with Crippen molar-refractivity contribution in [2.75, 3.05) is 38.3 Å². The third kappa shape index (κ3) is 3.61. The predicted molar refractivity (Wildman–Crippen MR) is 86.0 cm³/mol. The largest absolute Gasteiger partial charge is 0.376 e. The van der Waals surface area contributed by atoms with Gasteiger partial charge in [0.2, 0.25) is 0 Å². The van der Waals surface area contributed by atoms with Crippen molar-refractivity contribution in [1.82, 2.24) is 9.97 Å². The van der Waals surface area contributed by atoms with E-state index in [-0.39, 0.29) is 6.10 Å². The Bertz CT molecular complexity index is 613. The van der Waals surface area contributed by atoms with Crippen LogP contribution in [0.15, 0.2) is 36.4 Å². The number of rotatable bonds is 4. The molecule has 1 aromatic carbocycles. The van der Waals surface area contributed by atoms with E-state index >= 15 is 0 Å². The minimum atomic E-state index is 0.0918. The SMILES string of the molecule is Cc1cc(N(C)C[C@H]2COCCO2)nc(-c2ccccc2)n1. The van der Waals surface area contributed by atoms with E-state index in [1.165, 1.54) is 0 Å². The number of aryl methyl sites for hydroxylation is 1. The van der Waals surface area contributed by atoms with Crippen LogP contribution in [0.2, 0.25) is 0 Å². The van der Waals surface area contributed by atoms with Crippen molar-refractivity contribution >= 4 is 5.82 Å². The molecule has 5 nitrogen and oxygen atoms in total. The third-order valence-corrected chi connectivity index (χ3v) is 3.63. The van der Waals surface area contributed by atoms with Crippen LogP contribution in [0.25, 0.3) is 11.4 Å². The molecule has 1 atom stereocenters. The molecule has 116 valence electrons. The second-order valence-corrected chi connectivity index (χ2v) is 5.51. The van der Waals surface area contributed by atoms with Gasteiger partial charge >= 0.3 is 0 Å². The van der Waals surface area contributed by atoms with Gasteiger partial charge in [0.25, 0.3) is 0 Å². The Morgan fingerprint density at radius 3 is 2.73 bits per heavy atom. The maximum Gasteiger partial charge on any atom is 0.161 e. The molecule has 1 aliphatic rings. The van der Waals surface area contributed by atoms with Crippen LogP contribution in [-0.2, 0) is 9.47 Å². The van der Waals surface area contributed by atoms with Gasteiger partial charge in [-0.05, 0) is 6.92 Å². The van der Waals surface area contributed by atoms with Crippen molar-refractivity contribution in [1.29, 1.82) is 0 Å². The number of hydrogen-bond acceptors (Lipinski definition) is 5. The summed E-state index contributed by atoms with van der Waals surface area (Å²) in [7, 11) is 2.02. The first-order valence-electron chi connectivity index (χ1n) is 7.54. The summed E-state index contributed by atoms with van der Waals surface area (Å²) in [6.07, 6.45) is 0.0918. The van der Waals surface area contributed by atoms with Crippen molar-refractivity contribution in [3.8, 4) is 11.4 Å². The minimum absolute atomic E-state index is 0.0918. The molecule has 1 fully saturated rings. The monoisotopic (exact) mass is 299 g/mol. The lowest BCUT2D eigenvalue weighted by molar-refractivity contribution is -0.0837. The van der Waals surface area contributed by atoms with E-state index in [2.05, 4.69) is 14.9 Å². The summed E-state index contributed by atoms with van der Waals surface area (Å²) in [5.74, 6) is 1.66. The lowest BCUT2D eigenvalue weighted by Gasteiger charge is -2.28. The fourth-order valence-electron chi connectivity index (χ4n) is 2.50. The average molecular weight is 299 g/mol. The molecule has 1 aliphatic heterocycles. The molecule has 3 rings (SSSR count). The molecule has 2 aromatic rings. The molecule has 0 bridgehead atoms. The van der Waals surface area contributed by atoms with Crippen LogP contribution in [0, 0.1) is 6.92 Å². The zero-order chi connectivity index (χ0) is 15.4. The van der Waals surface area contributed by atoms with E-state index in [1.807, 2.05) is 50.4 Å². The Balaban J connectivity index is 1.79. The van der Waals surface area contributed by atoms with Crippen LogP contribution in [-0.4, -0.2) is 49.5 Å². The predicted octanol–water partition coefficient (Wildman–Crippen LogP) is 2.30. The highest BCUT2D eigenvalue weighted by Crippen LogP contribution is 2.19. The number of aromatic nitrogens is 2. The summed E-state index contributed by atoms with van der Waals surface area (Å²) >= 11 is 0. The molecule has 0 saturated carbocycles. The van der Waals surface area contributed by atoms with Gasteiger partial charge in [-0.25, -0.2) is 9.97 Å². The zero-order valence-corrected chi connectivity index (χ0v) is 13.0. The Morgan fingerprint density at radius 1 is 1.18 bits per heavy atom. The summed E-state index contributed by atoms with van der Waals surface area (Å²) in [6, 6.07) is 12.0. The normalized spacial score (nSPS) is 18.2. The summed E-state index contributed by atoms with van der Waals surface area (Å²) in [5.41, 5.74) is 1.98. The highest BCUT2D eigenvalue weighted by molar-refractivity contribution is 5.57. The molecule has 0 unspecified atom stereocenters. The lowest BCUT2D eigenvalue weighted by atomic mass is 10.2. The van der Waals surface area contributed by atoms with Crippen LogP contribution < -0.4 is 4.90 Å². The fraction of sp³-hybridized carbons (Fsp3) is 0.412. The first-order valence-corrected chi connectivity index (χ1v) is 7.54. The molecule has 5 heteroatoms. The Hall–Kier alpha value is -1.98. The summed E-state index contributed by atoms with van der Waals surface area (Å²) in [6.45, 7) is 4.73. The van der Waals surface area contributed by atoms with E-state index < -0.39 is 0 Å². The molecule has 0 amide bonds. The molecule has 1 saturated heterocycles. The van der Waals surface area contributed by atoms with E-state index in [0.717, 1.165) is 29.4 Å². The highest BCUT2D eigenvalue weighted by Gasteiger charge is 2.18. The van der Waals surface area contributed by atoms with Crippen molar-refractivity contribution in [2.24, 2.45) is 0 Å². The maximum atomic E-state index is 5.71. The van der Waals surface area contributed by atoms with E-state index in [0.29, 0.717) is 19.8 Å². The van der Waals surface area contributed by atoms with Gasteiger partial charge in [-0.15, -0.1) is 0 Å². The summed E-state index contributed by atoms with van der Waals surface area (Å²) < 4.78 is 11.2. The summed E-state index contributed by atoms with van der Waals surface area (Å²) in [4.78, 5) is 11.3. The van der Waals surface area contributed by atoms with Gasteiger partial charge in [0.05, 0.1) is 25.9 Å². The van der Waals surface area contributed by atoms with Crippen LogP contribution in [0.1, 0.15) is 5.69 Å². The number of benzene rings is 1. The van der Waals surface area contributed by atoms with Crippen molar-refractivity contribution < 1.29 is 9.47 Å². The average Bonchev–Trinajstić information content (AvgIpc) is 2.56. The van der Waals surface area contributed by atoms with Crippen LogP contribution >= 0.6 is 0 Å². The molecule has 1 aromatic heterocycles. The van der Waals surface area contributed by atoms with Gasteiger partial charge in [-0.3, -0.25) is 0 Å². The van der Waals surface area contributed by atoms with Crippen molar-refractivity contribution in [3.63, 3.8) is 0 Å². The number of nitrogens with zero attached hydrogens (tertiary/aromatic N) is 3. The van der Waals surface area contributed by atoms with Gasteiger partial charge in [0.15, 0.2) is 5.82 Å². The Labute approximate surface area is 130 Å². The van der Waals surface area contributed by atoms with Crippen molar-refractivity contribution in [3.05, 3.63) is 42.1 Å². The fourth-order valence-corrected chi connectivity index (χ4v) is 2.50. The maximum absolute atomic E-state index is 5.71. The van der Waals surface area contributed by atoms with Gasteiger partial charge in [-0.2, -0.15) is 0 Å². The highest BCUT2D eigenvalue weighted by atomic mass is 16.6. The molecular weight excluding hydrogens is 278 g/mol. The first-order chi connectivity index (χ1) is 10.7. The minimum Gasteiger partial charge on any atom is -0.376 e. The zero-order valence-electron chi connectivity index (χ0n) is 13.0. The first kappa shape index (κ1) is 14.9. The van der Waals surface area contributed by atoms with E-state index in [9.17, 15) is 0 Å². The molecule has 0 spiro atoms. The molecule has 0 aliphatic carbocycles. The quantitative estimate of drug-likeness (QED) is 0.867. The molecular formula is C17H21N3O2. The standard InChI is InChI=1S/C17H21N3O2/c1-13-10-16(20(2)11-15-12-21-8-9-22-15)19-17(18-13)14-6-4-3-5-7-14/h3-7,10,15H,8-9,11-12H2,1-2H3/t15-/m0/s1. The van der Waals surface area contributed by atoms with E-state index in [1.54, 1.807) is 0 Å². The summed E-state index contributed by atoms with van der Waals surface area (Å²) in [5, 5.41) is 0. The van der Waals surface area contributed by atoms with Crippen LogP contribution in [0.4, 0.5) is 5.82 Å². The Kier molecular flexibility index (Phi) is 4.65. The van der Waals surface area contributed by atoms with Crippen molar-refractivity contribution in [2.45, 2.75) is 13.0 Å².